The number of hydrogen-bond donors (Lipinski definition) is 1. The number of pyridine rings is 1. The van der Waals surface area contributed by atoms with Crippen LogP contribution < -0.4 is 10.9 Å². The second-order valence-electron chi connectivity index (χ2n) is 7.13. The second kappa shape index (κ2) is 8.56. The van der Waals surface area contributed by atoms with E-state index in [0.29, 0.717) is 27.8 Å². The van der Waals surface area contributed by atoms with E-state index in [-0.39, 0.29) is 23.3 Å². The Kier molecular flexibility index (Phi) is 6.14. The Morgan fingerprint density at radius 1 is 1.21 bits per heavy atom. The SMILES string of the molecule is Cc1ccnc(-n2c(SCC(=O)N[C@H](C)C(C)C)nc3ccccc3c2=O)c1. The quantitative estimate of drug-likeness (QED) is 0.511. The van der Waals surface area contributed by atoms with Gasteiger partial charge in [-0.15, -0.1) is 0 Å². The topological polar surface area (TPSA) is 76.9 Å². The molecule has 6 nitrogen and oxygen atoms in total. The van der Waals surface area contributed by atoms with Gasteiger partial charge in [0.1, 0.15) is 5.82 Å². The van der Waals surface area contributed by atoms with Crippen molar-refractivity contribution in [1.29, 1.82) is 0 Å². The standard InChI is InChI=1S/C21H24N4O2S/c1-13(2)15(4)23-19(26)12-28-21-24-17-8-6-5-7-16(17)20(27)25(21)18-11-14(3)9-10-22-18/h5-11,13,15H,12H2,1-4H3,(H,23,26)/t15-/m1/s1. The van der Waals surface area contributed by atoms with Gasteiger partial charge in [0.15, 0.2) is 5.16 Å². The molecule has 0 aliphatic heterocycles. The monoisotopic (exact) mass is 396 g/mol. The van der Waals surface area contributed by atoms with Crippen LogP contribution in [-0.4, -0.2) is 32.2 Å². The molecule has 0 saturated heterocycles. The molecule has 0 aliphatic rings. The molecular formula is C21H24N4O2S. The summed E-state index contributed by atoms with van der Waals surface area (Å²) >= 11 is 1.24. The van der Waals surface area contributed by atoms with Crippen molar-refractivity contribution in [2.75, 3.05) is 5.75 Å². The molecule has 146 valence electrons. The van der Waals surface area contributed by atoms with Crippen LogP contribution in [0.5, 0.6) is 0 Å². The highest BCUT2D eigenvalue weighted by atomic mass is 32.2. The van der Waals surface area contributed by atoms with E-state index in [0.717, 1.165) is 5.56 Å². The van der Waals surface area contributed by atoms with Crippen LogP contribution in [0.4, 0.5) is 0 Å². The molecule has 28 heavy (non-hydrogen) atoms. The fourth-order valence-corrected chi connectivity index (χ4v) is 3.46. The van der Waals surface area contributed by atoms with Crippen LogP contribution in [0.25, 0.3) is 16.7 Å². The number of carbonyl (C=O) groups is 1. The highest BCUT2D eigenvalue weighted by molar-refractivity contribution is 7.99. The highest BCUT2D eigenvalue weighted by Gasteiger charge is 2.17. The number of hydrogen-bond acceptors (Lipinski definition) is 5. The third-order valence-corrected chi connectivity index (χ3v) is 5.53. The normalized spacial score (nSPS) is 12.3. The van der Waals surface area contributed by atoms with E-state index in [9.17, 15) is 9.59 Å². The van der Waals surface area contributed by atoms with Gasteiger partial charge in [-0.1, -0.05) is 37.7 Å². The van der Waals surface area contributed by atoms with E-state index in [4.69, 9.17) is 0 Å². The Labute approximate surface area is 168 Å². The number of fused-ring (bicyclic) bond motifs is 1. The zero-order chi connectivity index (χ0) is 20.3. The molecule has 2 aromatic heterocycles. The van der Waals surface area contributed by atoms with E-state index in [1.807, 2.05) is 38.1 Å². The van der Waals surface area contributed by atoms with Gasteiger partial charge < -0.3 is 5.32 Å². The number of para-hydroxylation sites is 1. The van der Waals surface area contributed by atoms with E-state index >= 15 is 0 Å². The van der Waals surface area contributed by atoms with Crippen LogP contribution in [0.2, 0.25) is 0 Å². The van der Waals surface area contributed by atoms with E-state index in [2.05, 4.69) is 29.1 Å². The molecular weight excluding hydrogens is 372 g/mol. The fraction of sp³-hybridized carbons (Fsp3) is 0.333. The van der Waals surface area contributed by atoms with Crippen molar-refractivity contribution in [3.63, 3.8) is 0 Å². The molecule has 0 aliphatic carbocycles. The first-order chi connectivity index (χ1) is 13.4. The molecule has 7 heteroatoms. The van der Waals surface area contributed by atoms with Crippen LogP contribution in [0.1, 0.15) is 26.3 Å². The average Bonchev–Trinajstić information content (AvgIpc) is 2.66. The lowest BCUT2D eigenvalue weighted by molar-refractivity contribution is -0.119. The maximum absolute atomic E-state index is 13.1. The van der Waals surface area contributed by atoms with Gasteiger partial charge in [0.05, 0.1) is 16.7 Å². The summed E-state index contributed by atoms with van der Waals surface area (Å²) in [6, 6.07) is 11.0. The molecule has 0 fully saturated rings. The van der Waals surface area contributed by atoms with Gasteiger partial charge in [-0.25, -0.2) is 14.5 Å². The molecule has 0 unspecified atom stereocenters. The summed E-state index contributed by atoms with van der Waals surface area (Å²) in [5.41, 5.74) is 1.40. The summed E-state index contributed by atoms with van der Waals surface area (Å²) in [4.78, 5) is 34.4. The van der Waals surface area contributed by atoms with E-state index in [1.54, 1.807) is 18.3 Å². The van der Waals surface area contributed by atoms with Gasteiger partial charge in [-0.05, 0) is 49.6 Å². The van der Waals surface area contributed by atoms with Crippen LogP contribution in [-0.2, 0) is 4.79 Å². The third-order valence-electron chi connectivity index (χ3n) is 4.60. The van der Waals surface area contributed by atoms with Gasteiger partial charge in [0, 0.05) is 12.2 Å². The minimum atomic E-state index is -0.192. The molecule has 1 amide bonds. The smallest absolute Gasteiger partial charge is 0.267 e. The number of nitrogens with zero attached hydrogens (tertiary/aromatic N) is 3. The van der Waals surface area contributed by atoms with E-state index < -0.39 is 0 Å². The Morgan fingerprint density at radius 2 is 1.96 bits per heavy atom. The minimum absolute atomic E-state index is 0.0818. The van der Waals surface area contributed by atoms with Crippen LogP contribution in [0, 0.1) is 12.8 Å². The Bertz CT molecular complexity index is 1060. The number of aryl methyl sites for hydroxylation is 1. The Balaban J connectivity index is 2.00. The zero-order valence-electron chi connectivity index (χ0n) is 16.5. The van der Waals surface area contributed by atoms with Crippen molar-refractivity contribution in [3.8, 4) is 5.82 Å². The predicted molar refractivity (Wildman–Crippen MR) is 113 cm³/mol. The van der Waals surface area contributed by atoms with Gasteiger partial charge in [-0.2, -0.15) is 0 Å². The van der Waals surface area contributed by atoms with Crippen molar-refractivity contribution < 1.29 is 4.79 Å². The van der Waals surface area contributed by atoms with Crippen LogP contribution in [0.3, 0.4) is 0 Å². The van der Waals surface area contributed by atoms with Gasteiger partial charge in [0.2, 0.25) is 5.91 Å². The number of nitrogens with one attached hydrogen (secondary N) is 1. The number of rotatable bonds is 6. The minimum Gasteiger partial charge on any atom is -0.353 e. The summed E-state index contributed by atoms with van der Waals surface area (Å²) < 4.78 is 1.49. The van der Waals surface area contributed by atoms with Crippen molar-refractivity contribution in [3.05, 3.63) is 58.5 Å². The first-order valence-electron chi connectivity index (χ1n) is 9.24. The van der Waals surface area contributed by atoms with Gasteiger partial charge in [0.25, 0.3) is 5.56 Å². The molecule has 1 aromatic carbocycles. The van der Waals surface area contributed by atoms with Gasteiger partial charge >= 0.3 is 0 Å². The van der Waals surface area contributed by atoms with E-state index in [1.165, 1.54) is 16.3 Å². The first kappa shape index (κ1) is 20.1. The number of amides is 1. The molecule has 2 heterocycles. The average molecular weight is 397 g/mol. The maximum atomic E-state index is 13.1. The van der Waals surface area contributed by atoms with Crippen molar-refractivity contribution in [2.24, 2.45) is 5.92 Å². The maximum Gasteiger partial charge on any atom is 0.267 e. The molecule has 0 bridgehead atoms. The molecule has 0 radical (unpaired) electrons. The zero-order valence-corrected chi connectivity index (χ0v) is 17.3. The van der Waals surface area contributed by atoms with Crippen molar-refractivity contribution in [2.45, 2.75) is 38.9 Å². The second-order valence-corrected chi connectivity index (χ2v) is 8.07. The summed E-state index contributed by atoms with van der Waals surface area (Å²) in [5.74, 6) is 0.940. The third kappa shape index (κ3) is 4.42. The lowest BCUT2D eigenvalue weighted by Gasteiger charge is -2.17. The Morgan fingerprint density at radius 3 is 2.68 bits per heavy atom. The van der Waals surface area contributed by atoms with Crippen molar-refractivity contribution >= 4 is 28.6 Å². The van der Waals surface area contributed by atoms with Crippen LogP contribution in [0.15, 0.2) is 52.5 Å². The van der Waals surface area contributed by atoms with Gasteiger partial charge in [-0.3, -0.25) is 9.59 Å². The highest BCUT2D eigenvalue weighted by Crippen LogP contribution is 2.21. The largest absolute Gasteiger partial charge is 0.353 e. The lowest BCUT2D eigenvalue weighted by atomic mass is 10.1. The Hall–Kier alpha value is -2.67. The molecule has 0 saturated carbocycles. The predicted octanol–water partition coefficient (Wildman–Crippen LogP) is 3.34. The number of benzene rings is 1. The lowest BCUT2D eigenvalue weighted by Crippen LogP contribution is -2.37. The number of carbonyl (C=O) groups excluding carboxylic acids is 1. The molecule has 0 spiro atoms. The summed E-state index contributed by atoms with van der Waals surface area (Å²) in [7, 11) is 0. The summed E-state index contributed by atoms with van der Waals surface area (Å²) in [6.45, 7) is 8.04. The molecule has 3 aromatic rings. The number of thioether (sulfide) groups is 1. The molecule has 1 N–H and O–H groups in total. The van der Waals surface area contributed by atoms with Crippen LogP contribution >= 0.6 is 11.8 Å². The summed E-state index contributed by atoms with van der Waals surface area (Å²) in [5, 5.41) is 3.95. The first-order valence-corrected chi connectivity index (χ1v) is 10.2. The fourth-order valence-electron chi connectivity index (χ4n) is 2.65. The molecule has 1 atom stereocenters. The summed E-state index contributed by atoms with van der Waals surface area (Å²) in [6.07, 6.45) is 1.66. The van der Waals surface area contributed by atoms with Crippen molar-refractivity contribution in [1.82, 2.24) is 19.9 Å². The number of aromatic nitrogens is 3. The molecule has 3 rings (SSSR count).